The van der Waals surface area contributed by atoms with Gasteiger partial charge in [-0.25, -0.2) is 4.98 Å². The summed E-state index contributed by atoms with van der Waals surface area (Å²) in [5.74, 6) is -0.433. The third-order valence-electron chi connectivity index (χ3n) is 4.33. The first-order valence-electron chi connectivity index (χ1n) is 8.37. The number of rotatable bonds is 3. The summed E-state index contributed by atoms with van der Waals surface area (Å²) in [5, 5.41) is 2.36. The average molecular weight is 379 g/mol. The van der Waals surface area contributed by atoms with Crippen LogP contribution >= 0.6 is 11.6 Å². The van der Waals surface area contributed by atoms with Crippen molar-refractivity contribution in [3.63, 3.8) is 0 Å². The standard InChI is InChI=1S/C21H15ClN2O3/c1-13(25)27-12-18-20(17-8-4-6-14-5-2-3-7-16(14)17)21(26)24-11-15(22)9-10-19(24)23-18/h2-11H,12H2,1H3. The highest BCUT2D eigenvalue weighted by atomic mass is 35.5. The molecule has 0 aliphatic rings. The molecule has 0 radical (unpaired) electrons. The topological polar surface area (TPSA) is 60.7 Å². The smallest absolute Gasteiger partial charge is 0.303 e. The zero-order valence-electron chi connectivity index (χ0n) is 14.5. The second-order valence-electron chi connectivity index (χ2n) is 6.12. The predicted octanol–water partition coefficient (Wildman–Crippen LogP) is 4.23. The number of hydrogen-bond donors (Lipinski definition) is 0. The van der Waals surface area contributed by atoms with E-state index in [4.69, 9.17) is 16.3 Å². The Balaban J connectivity index is 2.07. The number of ether oxygens (including phenoxy) is 1. The highest BCUT2D eigenvalue weighted by Crippen LogP contribution is 2.29. The number of carbonyl (C=O) groups is 1. The monoisotopic (exact) mass is 378 g/mol. The number of aromatic nitrogens is 2. The van der Waals surface area contributed by atoms with Crippen molar-refractivity contribution in [1.82, 2.24) is 9.38 Å². The normalized spacial score (nSPS) is 11.0. The molecule has 4 rings (SSSR count). The van der Waals surface area contributed by atoms with Crippen molar-refractivity contribution in [2.75, 3.05) is 0 Å². The molecule has 0 fully saturated rings. The summed E-state index contributed by atoms with van der Waals surface area (Å²) >= 11 is 6.07. The summed E-state index contributed by atoms with van der Waals surface area (Å²) in [4.78, 5) is 29.2. The van der Waals surface area contributed by atoms with E-state index in [1.54, 1.807) is 12.1 Å². The van der Waals surface area contributed by atoms with Gasteiger partial charge in [0.1, 0.15) is 12.3 Å². The summed E-state index contributed by atoms with van der Waals surface area (Å²) < 4.78 is 6.57. The Morgan fingerprint density at radius 2 is 1.89 bits per heavy atom. The number of pyridine rings is 1. The summed E-state index contributed by atoms with van der Waals surface area (Å²) in [6, 6.07) is 16.9. The number of esters is 1. The van der Waals surface area contributed by atoms with Crippen LogP contribution in [0.15, 0.2) is 65.6 Å². The van der Waals surface area contributed by atoms with Gasteiger partial charge in [0.25, 0.3) is 5.56 Å². The van der Waals surface area contributed by atoms with Gasteiger partial charge in [0.2, 0.25) is 0 Å². The molecular formula is C21H15ClN2O3. The quantitative estimate of drug-likeness (QED) is 0.500. The SMILES string of the molecule is CC(=O)OCc1nc2ccc(Cl)cn2c(=O)c1-c1cccc2ccccc12. The number of carbonyl (C=O) groups excluding carboxylic acids is 1. The maximum absolute atomic E-state index is 13.3. The van der Waals surface area contributed by atoms with Gasteiger partial charge in [0.15, 0.2) is 0 Å². The third kappa shape index (κ3) is 3.17. The molecule has 0 N–H and O–H groups in total. The molecule has 0 amide bonds. The van der Waals surface area contributed by atoms with Crippen molar-refractivity contribution in [2.24, 2.45) is 0 Å². The molecule has 2 aromatic carbocycles. The van der Waals surface area contributed by atoms with Gasteiger partial charge in [-0.05, 0) is 28.5 Å². The van der Waals surface area contributed by atoms with Crippen LogP contribution in [0.4, 0.5) is 0 Å². The van der Waals surface area contributed by atoms with Crippen molar-refractivity contribution in [2.45, 2.75) is 13.5 Å². The average Bonchev–Trinajstić information content (AvgIpc) is 2.67. The Labute approximate surface area is 159 Å². The minimum atomic E-state index is -0.433. The number of hydrogen-bond acceptors (Lipinski definition) is 4. The van der Waals surface area contributed by atoms with Crippen molar-refractivity contribution in [3.05, 3.63) is 81.9 Å². The van der Waals surface area contributed by atoms with Gasteiger partial charge in [0, 0.05) is 13.1 Å². The minimum absolute atomic E-state index is 0.0811. The van der Waals surface area contributed by atoms with Crippen LogP contribution in [0.5, 0.6) is 0 Å². The fraction of sp³-hybridized carbons (Fsp3) is 0.0952. The largest absolute Gasteiger partial charge is 0.459 e. The van der Waals surface area contributed by atoms with Gasteiger partial charge in [-0.2, -0.15) is 0 Å². The number of fused-ring (bicyclic) bond motifs is 2. The Morgan fingerprint density at radius 1 is 1.11 bits per heavy atom. The Morgan fingerprint density at radius 3 is 2.70 bits per heavy atom. The maximum atomic E-state index is 13.3. The predicted molar refractivity (Wildman–Crippen MR) is 105 cm³/mol. The molecule has 0 spiro atoms. The van der Waals surface area contributed by atoms with E-state index >= 15 is 0 Å². The first-order chi connectivity index (χ1) is 13.0. The van der Waals surface area contributed by atoms with Gasteiger partial charge >= 0.3 is 5.97 Å². The van der Waals surface area contributed by atoms with E-state index in [9.17, 15) is 9.59 Å². The van der Waals surface area contributed by atoms with Gasteiger partial charge in [0.05, 0.1) is 16.3 Å². The second kappa shape index (κ2) is 6.85. The molecule has 5 nitrogen and oxygen atoms in total. The van der Waals surface area contributed by atoms with E-state index in [1.807, 2.05) is 42.5 Å². The van der Waals surface area contributed by atoms with Crippen molar-refractivity contribution in [1.29, 1.82) is 0 Å². The lowest BCUT2D eigenvalue weighted by atomic mass is 9.98. The summed E-state index contributed by atoms with van der Waals surface area (Å²) in [5.41, 5.74) is 1.72. The van der Waals surface area contributed by atoms with E-state index in [0.29, 0.717) is 21.9 Å². The molecule has 2 aromatic heterocycles. The summed E-state index contributed by atoms with van der Waals surface area (Å²) in [6.45, 7) is 1.24. The summed E-state index contributed by atoms with van der Waals surface area (Å²) in [6.07, 6.45) is 1.54. The van der Waals surface area contributed by atoms with Crippen LogP contribution < -0.4 is 5.56 Å². The number of benzene rings is 2. The van der Waals surface area contributed by atoms with E-state index in [-0.39, 0.29) is 12.2 Å². The van der Waals surface area contributed by atoms with Crippen LogP contribution in [0.1, 0.15) is 12.6 Å². The van der Waals surface area contributed by atoms with E-state index in [1.165, 1.54) is 17.5 Å². The lowest BCUT2D eigenvalue weighted by Crippen LogP contribution is -2.21. The zero-order chi connectivity index (χ0) is 19.0. The van der Waals surface area contributed by atoms with E-state index in [2.05, 4.69) is 4.98 Å². The molecule has 0 saturated carbocycles. The van der Waals surface area contributed by atoms with E-state index in [0.717, 1.165) is 16.3 Å². The highest BCUT2D eigenvalue weighted by Gasteiger charge is 2.18. The van der Waals surface area contributed by atoms with E-state index < -0.39 is 5.97 Å². The van der Waals surface area contributed by atoms with Crippen LogP contribution in [0, 0.1) is 0 Å². The van der Waals surface area contributed by atoms with Crippen molar-refractivity contribution in [3.8, 4) is 11.1 Å². The molecule has 4 aromatic rings. The van der Waals surface area contributed by atoms with Crippen LogP contribution in [0.3, 0.4) is 0 Å². The third-order valence-corrected chi connectivity index (χ3v) is 4.56. The molecule has 2 heterocycles. The number of halogens is 1. The van der Waals surface area contributed by atoms with Gasteiger partial charge in [-0.3, -0.25) is 14.0 Å². The van der Waals surface area contributed by atoms with Gasteiger partial charge in [-0.15, -0.1) is 0 Å². The van der Waals surface area contributed by atoms with Crippen molar-refractivity contribution >= 4 is 34.0 Å². The molecule has 134 valence electrons. The highest BCUT2D eigenvalue weighted by molar-refractivity contribution is 6.30. The maximum Gasteiger partial charge on any atom is 0.303 e. The minimum Gasteiger partial charge on any atom is -0.459 e. The summed E-state index contributed by atoms with van der Waals surface area (Å²) in [7, 11) is 0. The lowest BCUT2D eigenvalue weighted by molar-refractivity contribution is -0.142. The molecule has 27 heavy (non-hydrogen) atoms. The Hall–Kier alpha value is -3.18. The molecule has 0 bridgehead atoms. The molecule has 0 unspecified atom stereocenters. The van der Waals surface area contributed by atoms with Crippen LogP contribution in [0.2, 0.25) is 5.02 Å². The Kier molecular flexibility index (Phi) is 4.38. The first kappa shape index (κ1) is 17.2. The van der Waals surface area contributed by atoms with Crippen molar-refractivity contribution < 1.29 is 9.53 Å². The van der Waals surface area contributed by atoms with Gasteiger partial charge < -0.3 is 4.74 Å². The molecule has 0 aliphatic carbocycles. The molecule has 0 atom stereocenters. The van der Waals surface area contributed by atoms with Crippen LogP contribution in [-0.2, 0) is 16.1 Å². The number of nitrogens with zero attached hydrogens (tertiary/aromatic N) is 2. The first-order valence-corrected chi connectivity index (χ1v) is 8.74. The molecule has 6 heteroatoms. The lowest BCUT2D eigenvalue weighted by Gasteiger charge is -2.13. The molecular weight excluding hydrogens is 364 g/mol. The molecule has 0 saturated heterocycles. The van der Waals surface area contributed by atoms with Crippen LogP contribution in [-0.4, -0.2) is 15.4 Å². The Bertz CT molecular complexity index is 1240. The second-order valence-corrected chi connectivity index (χ2v) is 6.56. The fourth-order valence-electron chi connectivity index (χ4n) is 3.15. The van der Waals surface area contributed by atoms with Crippen LogP contribution in [0.25, 0.3) is 27.5 Å². The fourth-order valence-corrected chi connectivity index (χ4v) is 3.31. The van der Waals surface area contributed by atoms with Gasteiger partial charge in [-0.1, -0.05) is 54.1 Å². The molecule has 0 aliphatic heterocycles. The zero-order valence-corrected chi connectivity index (χ0v) is 15.2.